The van der Waals surface area contributed by atoms with Gasteiger partial charge in [0.2, 0.25) is 0 Å². The van der Waals surface area contributed by atoms with Crippen LogP contribution in [0.15, 0.2) is 42.5 Å². The largest absolute Gasteiger partial charge is 0.385 e. The molecule has 3 rings (SSSR count). The number of benzene rings is 2. The van der Waals surface area contributed by atoms with E-state index in [-0.39, 0.29) is 11.8 Å². The zero-order valence-corrected chi connectivity index (χ0v) is 14.0. The molecular formula is C19H21ClN2O. The number of halogens is 1. The Hall–Kier alpha value is -1.84. The molecular weight excluding hydrogens is 308 g/mol. The van der Waals surface area contributed by atoms with Gasteiger partial charge in [0.05, 0.1) is 6.04 Å². The van der Waals surface area contributed by atoms with Crippen LogP contribution in [-0.4, -0.2) is 18.4 Å². The second kappa shape index (κ2) is 7.16. The number of hydrogen-bond acceptors (Lipinski definition) is 3. The minimum atomic E-state index is -0.249. The normalized spacial score (nSPS) is 14.7. The quantitative estimate of drug-likeness (QED) is 0.813. The second-order valence-corrected chi connectivity index (χ2v) is 6.37. The third kappa shape index (κ3) is 3.74. The van der Waals surface area contributed by atoms with Gasteiger partial charge in [-0.2, -0.15) is 0 Å². The number of rotatable bonds is 5. The molecule has 2 N–H and O–H groups in total. The minimum Gasteiger partial charge on any atom is -0.385 e. The van der Waals surface area contributed by atoms with Crippen LogP contribution in [0.5, 0.6) is 0 Å². The van der Waals surface area contributed by atoms with Gasteiger partial charge in [-0.25, -0.2) is 0 Å². The number of hydrogen-bond donors (Lipinski definition) is 2. The molecule has 0 aromatic heterocycles. The van der Waals surface area contributed by atoms with Crippen molar-refractivity contribution >= 4 is 23.1 Å². The molecule has 1 heterocycles. The molecule has 1 aliphatic heterocycles. The highest BCUT2D eigenvalue weighted by Crippen LogP contribution is 2.23. The fourth-order valence-corrected chi connectivity index (χ4v) is 3.08. The number of nitrogens with one attached hydrogen (secondary N) is 2. The lowest BCUT2D eigenvalue weighted by atomic mass is 9.97. The van der Waals surface area contributed by atoms with E-state index in [0.717, 1.165) is 41.2 Å². The van der Waals surface area contributed by atoms with E-state index in [0.29, 0.717) is 6.54 Å². The Labute approximate surface area is 142 Å². The number of anilines is 1. The number of fused-ring (bicyclic) bond motifs is 1. The molecule has 1 atom stereocenters. The van der Waals surface area contributed by atoms with Gasteiger partial charge >= 0.3 is 0 Å². The lowest BCUT2D eigenvalue weighted by molar-refractivity contribution is 0.0950. The first-order valence-electron chi connectivity index (χ1n) is 8.03. The molecule has 120 valence electrons. The summed E-state index contributed by atoms with van der Waals surface area (Å²) in [4.78, 5) is 12.6. The van der Waals surface area contributed by atoms with E-state index in [4.69, 9.17) is 11.6 Å². The Balaban J connectivity index is 1.66. The van der Waals surface area contributed by atoms with Crippen LogP contribution in [0.4, 0.5) is 5.69 Å². The molecule has 0 amide bonds. The van der Waals surface area contributed by atoms with Crippen LogP contribution in [0.25, 0.3) is 0 Å². The molecule has 0 aliphatic carbocycles. The number of carbonyl (C=O) groups excluding carboxylic acids is 1. The Morgan fingerprint density at radius 2 is 2.13 bits per heavy atom. The van der Waals surface area contributed by atoms with E-state index >= 15 is 0 Å². The Bertz CT molecular complexity index is 714. The fourth-order valence-electron chi connectivity index (χ4n) is 2.88. The van der Waals surface area contributed by atoms with Gasteiger partial charge in [-0.15, -0.1) is 0 Å². The van der Waals surface area contributed by atoms with Crippen LogP contribution in [0.2, 0.25) is 5.02 Å². The van der Waals surface area contributed by atoms with Crippen LogP contribution >= 0.6 is 11.6 Å². The first-order valence-corrected chi connectivity index (χ1v) is 8.41. The van der Waals surface area contributed by atoms with Gasteiger partial charge in [-0.05, 0) is 55.2 Å². The number of carbonyl (C=O) groups is 1. The smallest absolute Gasteiger partial charge is 0.179 e. The van der Waals surface area contributed by atoms with Crippen LogP contribution in [0.3, 0.4) is 0 Å². The maximum Gasteiger partial charge on any atom is 0.179 e. The number of aryl methyl sites for hydroxylation is 1. The standard InChI is InChI=1S/C19H21ClN2O/c1-13(22-12-16-5-2-3-7-17(16)20)19(23)15-8-9-18-14(11-15)6-4-10-21-18/h2-3,5,7-9,11,13,21-22H,4,6,10,12H2,1H3. The summed E-state index contributed by atoms with van der Waals surface area (Å²) in [6.07, 6.45) is 2.15. The van der Waals surface area contributed by atoms with Crippen LogP contribution in [0.1, 0.15) is 34.8 Å². The predicted molar refractivity (Wildman–Crippen MR) is 95.3 cm³/mol. The summed E-state index contributed by atoms with van der Waals surface area (Å²) in [7, 11) is 0. The Morgan fingerprint density at radius 3 is 2.96 bits per heavy atom. The first-order chi connectivity index (χ1) is 11.1. The lowest BCUT2D eigenvalue weighted by Crippen LogP contribution is -2.33. The van der Waals surface area contributed by atoms with E-state index in [1.54, 1.807) is 0 Å². The molecule has 0 spiro atoms. The summed E-state index contributed by atoms with van der Waals surface area (Å²) in [5, 5.41) is 7.36. The van der Waals surface area contributed by atoms with Crippen molar-refractivity contribution in [2.75, 3.05) is 11.9 Å². The van der Waals surface area contributed by atoms with Crippen molar-refractivity contribution in [2.24, 2.45) is 0 Å². The SMILES string of the molecule is CC(NCc1ccccc1Cl)C(=O)c1ccc2c(c1)CCCN2. The number of Topliss-reactive ketones (excluding diaryl/α,β-unsaturated/α-hetero) is 1. The maximum absolute atomic E-state index is 12.6. The van der Waals surface area contributed by atoms with Crippen LogP contribution < -0.4 is 10.6 Å². The maximum atomic E-state index is 12.6. The predicted octanol–water partition coefficient (Wildman–Crippen LogP) is 4.06. The highest BCUT2D eigenvalue weighted by molar-refractivity contribution is 6.31. The van der Waals surface area contributed by atoms with Crippen molar-refractivity contribution in [1.82, 2.24) is 5.32 Å². The molecule has 23 heavy (non-hydrogen) atoms. The summed E-state index contributed by atoms with van der Waals surface area (Å²) < 4.78 is 0. The van der Waals surface area contributed by atoms with Gasteiger partial charge in [-0.3, -0.25) is 4.79 Å². The van der Waals surface area contributed by atoms with Crippen molar-refractivity contribution in [3.05, 3.63) is 64.2 Å². The molecule has 1 unspecified atom stereocenters. The Morgan fingerprint density at radius 1 is 1.30 bits per heavy atom. The minimum absolute atomic E-state index is 0.116. The molecule has 0 bridgehead atoms. The highest BCUT2D eigenvalue weighted by Gasteiger charge is 2.17. The zero-order chi connectivity index (χ0) is 16.2. The molecule has 2 aromatic carbocycles. The molecule has 0 radical (unpaired) electrons. The van der Waals surface area contributed by atoms with Crippen molar-refractivity contribution in [3.8, 4) is 0 Å². The average Bonchev–Trinajstić information content (AvgIpc) is 2.59. The molecule has 0 saturated heterocycles. The van der Waals surface area contributed by atoms with Crippen LogP contribution in [-0.2, 0) is 13.0 Å². The fraction of sp³-hybridized carbons (Fsp3) is 0.316. The average molecular weight is 329 g/mol. The topological polar surface area (TPSA) is 41.1 Å². The third-order valence-corrected chi connectivity index (χ3v) is 4.65. The van der Waals surface area contributed by atoms with Gasteiger partial charge in [0, 0.05) is 29.4 Å². The van der Waals surface area contributed by atoms with Crippen LogP contribution in [0, 0.1) is 0 Å². The molecule has 0 fully saturated rings. The summed E-state index contributed by atoms with van der Waals surface area (Å²) in [5.41, 5.74) is 4.17. The summed E-state index contributed by atoms with van der Waals surface area (Å²) in [5.74, 6) is 0.116. The monoisotopic (exact) mass is 328 g/mol. The summed E-state index contributed by atoms with van der Waals surface area (Å²) >= 11 is 6.15. The van der Waals surface area contributed by atoms with E-state index in [9.17, 15) is 4.79 Å². The third-order valence-electron chi connectivity index (χ3n) is 4.28. The molecule has 1 aliphatic rings. The second-order valence-electron chi connectivity index (χ2n) is 5.96. The molecule has 0 saturated carbocycles. The number of ketones is 1. The lowest BCUT2D eigenvalue weighted by Gasteiger charge is -2.19. The zero-order valence-electron chi connectivity index (χ0n) is 13.2. The van der Waals surface area contributed by atoms with Gasteiger partial charge in [0.25, 0.3) is 0 Å². The molecule has 4 heteroatoms. The first kappa shape index (κ1) is 16.0. The van der Waals surface area contributed by atoms with Gasteiger partial charge in [0.1, 0.15) is 0 Å². The van der Waals surface area contributed by atoms with Gasteiger partial charge in [-0.1, -0.05) is 29.8 Å². The molecule has 3 nitrogen and oxygen atoms in total. The van der Waals surface area contributed by atoms with Gasteiger partial charge < -0.3 is 10.6 Å². The van der Waals surface area contributed by atoms with Crippen molar-refractivity contribution in [2.45, 2.75) is 32.4 Å². The van der Waals surface area contributed by atoms with Gasteiger partial charge in [0.15, 0.2) is 5.78 Å². The highest BCUT2D eigenvalue weighted by atomic mass is 35.5. The van der Waals surface area contributed by atoms with E-state index < -0.39 is 0 Å². The molecule has 2 aromatic rings. The van der Waals surface area contributed by atoms with Crippen molar-refractivity contribution < 1.29 is 4.79 Å². The Kier molecular flexibility index (Phi) is 4.99. The summed E-state index contributed by atoms with van der Waals surface area (Å²) in [6.45, 7) is 3.49. The van der Waals surface area contributed by atoms with Crippen molar-refractivity contribution in [3.63, 3.8) is 0 Å². The van der Waals surface area contributed by atoms with Crippen molar-refractivity contribution in [1.29, 1.82) is 0 Å². The van der Waals surface area contributed by atoms with E-state index in [1.807, 2.05) is 49.4 Å². The van der Waals surface area contributed by atoms with E-state index in [2.05, 4.69) is 10.6 Å². The van der Waals surface area contributed by atoms with E-state index in [1.165, 1.54) is 5.56 Å². The summed E-state index contributed by atoms with van der Waals surface area (Å²) in [6, 6.07) is 13.4.